The van der Waals surface area contributed by atoms with Crippen molar-refractivity contribution in [2.45, 2.75) is 24.7 Å². The number of nitrogens with one attached hydrogen (secondary N) is 1. The molecule has 0 aliphatic heterocycles. The molecule has 0 aliphatic carbocycles. The zero-order chi connectivity index (χ0) is 23.1. The van der Waals surface area contributed by atoms with E-state index >= 15 is 0 Å². The predicted molar refractivity (Wildman–Crippen MR) is 125 cm³/mol. The molecule has 0 radical (unpaired) electrons. The minimum atomic E-state index is -4.07. The zero-order valence-corrected chi connectivity index (χ0v) is 19.2. The summed E-state index contributed by atoms with van der Waals surface area (Å²) in [5.74, 6) is -1.14. The molecular formula is C24H24ClFN2O3S. The molecule has 32 heavy (non-hydrogen) atoms. The standard InChI is InChI=1S/C24H24ClFN2O3S/c1-18-7-5-8-19(15-18)9-6-14-27-24(29)17-28(20-12-13-23(26)22(25)16-20)32(30,31)21-10-3-2-4-11-21/h2-5,7-8,10-13,15-16H,6,9,14,17H2,1H3,(H,27,29). The van der Waals surface area contributed by atoms with Crippen LogP contribution in [0.1, 0.15) is 17.5 Å². The van der Waals surface area contributed by atoms with Gasteiger partial charge in [0.1, 0.15) is 12.4 Å². The van der Waals surface area contributed by atoms with E-state index in [0.29, 0.717) is 13.0 Å². The van der Waals surface area contributed by atoms with E-state index in [1.54, 1.807) is 18.2 Å². The van der Waals surface area contributed by atoms with Crippen molar-refractivity contribution in [3.63, 3.8) is 0 Å². The summed E-state index contributed by atoms with van der Waals surface area (Å²) >= 11 is 5.87. The van der Waals surface area contributed by atoms with Gasteiger partial charge in [-0.15, -0.1) is 0 Å². The maximum Gasteiger partial charge on any atom is 0.264 e. The van der Waals surface area contributed by atoms with Crippen LogP contribution in [-0.2, 0) is 21.2 Å². The molecule has 5 nitrogen and oxygen atoms in total. The van der Waals surface area contributed by atoms with Gasteiger partial charge in [0.15, 0.2) is 0 Å². The van der Waals surface area contributed by atoms with Crippen LogP contribution >= 0.6 is 11.6 Å². The summed E-state index contributed by atoms with van der Waals surface area (Å²) in [7, 11) is -4.07. The summed E-state index contributed by atoms with van der Waals surface area (Å²) in [5.41, 5.74) is 2.45. The number of halogens is 2. The number of rotatable bonds is 9. The van der Waals surface area contributed by atoms with Crippen molar-refractivity contribution >= 4 is 33.2 Å². The topological polar surface area (TPSA) is 66.5 Å². The fourth-order valence-corrected chi connectivity index (χ4v) is 4.86. The number of carbonyl (C=O) groups excluding carboxylic acids is 1. The lowest BCUT2D eigenvalue weighted by atomic mass is 10.1. The normalized spacial score (nSPS) is 11.2. The van der Waals surface area contributed by atoms with Crippen LogP contribution in [0.5, 0.6) is 0 Å². The van der Waals surface area contributed by atoms with Crippen molar-refractivity contribution < 1.29 is 17.6 Å². The minimum Gasteiger partial charge on any atom is -0.355 e. The Morgan fingerprint density at radius 3 is 2.47 bits per heavy atom. The number of benzene rings is 3. The van der Waals surface area contributed by atoms with Crippen LogP contribution in [0.25, 0.3) is 0 Å². The van der Waals surface area contributed by atoms with E-state index in [1.165, 1.54) is 35.4 Å². The minimum absolute atomic E-state index is 0.0210. The Balaban J connectivity index is 1.72. The highest BCUT2D eigenvalue weighted by Gasteiger charge is 2.27. The first kappa shape index (κ1) is 23.8. The third-order valence-corrected chi connectivity index (χ3v) is 6.93. The van der Waals surface area contributed by atoms with Crippen LogP contribution < -0.4 is 9.62 Å². The summed E-state index contributed by atoms with van der Waals surface area (Å²) in [6, 6.07) is 19.4. The Morgan fingerprint density at radius 2 is 1.78 bits per heavy atom. The number of sulfonamides is 1. The van der Waals surface area contributed by atoms with Crippen LogP contribution in [0, 0.1) is 12.7 Å². The van der Waals surface area contributed by atoms with Crippen LogP contribution in [0.3, 0.4) is 0 Å². The van der Waals surface area contributed by atoms with Gasteiger partial charge in [-0.25, -0.2) is 12.8 Å². The molecule has 3 aromatic carbocycles. The molecular weight excluding hydrogens is 451 g/mol. The first-order chi connectivity index (χ1) is 15.3. The van der Waals surface area contributed by atoms with Crippen molar-refractivity contribution in [1.82, 2.24) is 5.32 Å². The first-order valence-electron chi connectivity index (χ1n) is 10.1. The molecule has 0 aliphatic rings. The largest absolute Gasteiger partial charge is 0.355 e. The van der Waals surface area contributed by atoms with E-state index in [9.17, 15) is 17.6 Å². The van der Waals surface area contributed by atoms with Gasteiger partial charge in [0.25, 0.3) is 10.0 Å². The highest BCUT2D eigenvalue weighted by molar-refractivity contribution is 7.92. The number of anilines is 1. The smallest absolute Gasteiger partial charge is 0.264 e. The Labute approximate surface area is 192 Å². The third kappa shape index (κ3) is 6.08. The number of aryl methyl sites for hydroxylation is 2. The van der Waals surface area contributed by atoms with Crippen molar-refractivity contribution in [3.05, 3.63) is 94.8 Å². The maximum atomic E-state index is 13.6. The number of hydrogen-bond donors (Lipinski definition) is 1. The SMILES string of the molecule is Cc1cccc(CCCNC(=O)CN(c2ccc(F)c(Cl)c2)S(=O)(=O)c2ccccc2)c1. The van der Waals surface area contributed by atoms with E-state index < -0.39 is 28.3 Å². The molecule has 0 spiro atoms. The number of hydrogen-bond acceptors (Lipinski definition) is 3. The van der Waals surface area contributed by atoms with Crippen molar-refractivity contribution in [2.75, 3.05) is 17.4 Å². The number of nitrogens with zero attached hydrogens (tertiary/aromatic N) is 1. The van der Waals surface area contributed by atoms with Crippen molar-refractivity contribution in [2.24, 2.45) is 0 Å². The number of carbonyl (C=O) groups is 1. The predicted octanol–water partition coefficient (Wildman–Crippen LogP) is 4.73. The van der Waals surface area contributed by atoms with Gasteiger partial charge >= 0.3 is 0 Å². The van der Waals surface area contributed by atoms with Crippen molar-refractivity contribution in [3.8, 4) is 0 Å². The summed E-state index contributed by atoms with van der Waals surface area (Å²) < 4.78 is 41.0. The van der Waals surface area contributed by atoms with E-state index in [1.807, 2.05) is 25.1 Å². The molecule has 0 fully saturated rings. The Bertz CT molecular complexity index is 1190. The van der Waals surface area contributed by atoms with E-state index in [2.05, 4.69) is 11.4 Å². The average molecular weight is 475 g/mol. The van der Waals surface area contributed by atoms with Gasteiger partial charge in [-0.05, 0) is 55.7 Å². The molecule has 0 saturated carbocycles. The monoisotopic (exact) mass is 474 g/mol. The fraction of sp³-hybridized carbons (Fsp3) is 0.208. The average Bonchev–Trinajstić information content (AvgIpc) is 2.77. The van der Waals surface area contributed by atoms with Gasteiger partial charge in [0, 0.05) is 6.54 Å². The second kappa shape index (κ2) is 10.6. The quantitative estimate of drug-likeness (QED) is 0.456. The van der Waals surface area contributed by atoms with Gasteiger partial charge in [0.05, 0.1) is 15.6 Å². The highest BCUT2D eigenvalue weighted by Crippen LogP contribution is 2.27. The molecule has 0 aromatic heterocycles. The van der Waals surface area contributed by atoms with Crippen LogP contribution in [0.2, 0.25) is 5.02 Å². The molecule has 0 unspecified atom stereocenters. The fourth-order valence-electron chi connectivity index (χ4n) is 3.25. The molecule has 0 saturated heterocycles. The lowest BCUT2D eigenvalue weighted by molar-refractivity contribution is -0.119. The first-order valence-corrected chi connectivity index (χ1v) is 11.9. The van der Waals surface area contributed by atoms with Gasteiger partial charge in [0.2, 0.25) is 5.91 Å². The lowest BCUT2D eigenvalue weighted by Crippen LogP contribution is -2.41. The van der Waals surface area contributed by atoms with E-state index in [0.717, 1.165) is 16.8 Å². The zero-order valence-electron chi connectivity index (χ0n) is 17.6. The molecule has 0 heterocycles. The van der Waals surface area contributed by atoms with Gasteiger partial charge in [-0.3, -0.25) is 9.10 Å². The van der Waals surface area contributed by atoms with Crippen LogP contribution in [0.15, 0.2) is 77.7 Å². The second-order valence-electron chi connectivity index (χ2n) is 7.37. The van der Waals surface area contributed by atoms with E-state index in [-0.39, 0.29) is 15.6 Å². The number of amides is 1. The molecule has 1 N–H and O–H groups in total. The summed E-state index contributed by atoms with van der Waals surface area (Å²) in [6.45, 7) is 1.97. The second-order valence-corrected chi connectivity index (χ2v) is 9.64. The van der Waals surface area contributed by atoms with Gasteiger partial charge in [-0.1, -0.05) is 59.6 Å². The van der Waals surface area contributed by atoms with Crippen LogP contribution in [0.4, 0.5) is 10.1 Å². The maximum absolute atomic E-state index is 13.6. The highest BCUT2D eigenvalue weighted by atomic mass is 35.5. The Morgan fingerprint density at radius 1 is 1.03 bits per heavy atom. The van der Waals surface area contributed by atoms with Gasteiger partial charge < -0.3 is 5.32 Å². The molecule has 3 rings (SSSR count). The molecule has 168 valence electrons. The Kier molecular flexibility index (Phi) is 7.88. The molecule has 1 amide bonds. The third-order valence-electron chi connectivity index (χ3n) is 4.86. The van der Waals surface area contributed by atoms with E-state index in [4.69, 9.17) is 11.6 Å². The summed E-state index contributed by atoms with van der Waals surface area (Å²) in [4.78, 5) is 12.6. The summed E-state index contributed by atoms with van der Waals surface area (Å²) in [6.07, 6.45) is 1.50. The van der Waals surface area contributed by atoms with Crippen LogP contribution in [-0.4, -0.2) is 27.4 Å². The van der Waals surface area contributed by atoms with Gasteiger partial charge in [-0.2, -0.15) is 0 Å². The molecule has 8 heteroatoms. The lowest BCUT2D eigenvalue weighted by Gasteiger charge is -2.24. The molecule has 0 bridgehead atoms. The Hall–Kier alpha value is -2.90. The van der Waals surface area contributed by atoms with Crippen molar-refractivity contribution in [1.29, 1.82) is 0 Å². The summed E-state index contributed by atoms with van der Waals surface area (Å²) in [5, 5.41) is 2.54. The molecule has 3 aromatic rings. The molecule has 0 atom stereocenters.